The number of rotatable bonds is 8. The fraction of sp³-hybridized carbons (Fsp3) is 0.478. The lowest BCUT2D eigenvalue weighted by atomic mass is 9.98. The highest BCUT2D eigenvalue weighted by molar-refractivity contribution is 5.76. The summed E-state index contributed by atoms with van der Waals surface area (Å²) in [6.45, 7) is 6.05. The summed E-state index contributed by atoms with van der Waals surface area (Å²) >= 11 is 0. The van der Waals surface area contributed by atoms with E-state index >= 15 is 0 Å². The number of nitrogens with one attached hydrogen (secondary N) is 1. The Hall–Kier alpha value is -3.00. The Balaban J connectivity index is 1.84. The normalized spacial score (nSPS) is 13.6. The van der Waals surface area contributed by atoms with Gasteiger partial charge in [0.25, 0.3) is 0 Å². The molecule has 1 aromatic heterocycles. The van der Waals surface area contributed by atoms with Gasteiger partial charge in [-0.2, -0.15) is 0 Å². The maximum atomic E-state index is 12.4. The minimum absolute atomic E-state index is 0.0443. The lowest BCUT2D eigenvalue weighted by Crippen LogP contribution is -2.35. The summed E-state index contributed by atoms with van der Waals surface area (Å²) in [4.78, 5) is 27.0. The zero-order chi connectivity index (χ0) is 22.5. The smallest absolute Gasteiger partial charge is 0.240 e. The molecule has 0 saturated carbocycles. The van der Waals surface area contributed by atoms with Crippen molar-refractivity contribution in [2.45, 2.75) is 45.9 Å². The highest BCUT2D eigenvalue weighted by Gasteiger charge is 2.21. The topological polar surface area (TPSA) is 82.0 Å². The second-order valence-corrected chi connectivity index (χ2v) is 7.98. The van der Waals surface area contributed by atoms with E-state index in [2.05, 4.69) is 10.2 Å². The van der Waals surface area contributed by atoms with Gasteiger partial charge >= 0.3 is 0 Å². The minimum atomic E-state index is -0.193. The van der Waals surface area contributed by atoms with Crippen molar-refractivity contribution in [2.75, 3.05) is 27.9 Å². The Kier molecular flexibility index (Phi) is 7.22. The molecule has 8 heteroatoms. The van der Waals surface area contributed by atoms with E-state index in [1.165, 1.54) is 18.2 Å². The van der Waals surface area contributed by atoms with E-state index in [9.17, 15) is 9.59 Å². The first-order chi connectivity index (χ1) is 14.8. The van der Waals surface area contributed by atoms with Crippen molar-refractivity contribution in [2.24, 2.45) is 0 Å². The maximum Gasteiger partial charge on any atom is 0.240 e. The van der Waals surface area contributed by atoms with E-state index in [0.717, 1.165) is 24.4 Å². The van der Waals surface area contributed by atoms with Crippen LogP contribution in [0.25, 0.3) is 0 Å². The number of hydrogen-bond donors (Lipinski definition) is 1. The summed E-state index contributed by atoms with van der Waals surface area (Å²) in [5, 5.41) is 2.89. The predicted octanol–water partition coefficient (Wildman–Crippen LogP) is 1.96. The molecule has 0 spiro atoms. The Morgan fingerprint density at radius 2 is 1.68 bits per heavy atom. The van der Waals surface area contributed by atoms with E-state index < -0.39 is 0 Å². The third kappa shape index (κ3) is 5.38. The molecule has 1 aromatic carbocycles. The van der Waals surface area contributed by atoms with Crippen LogP contribution in [0.3, 0.4) is 0 Å². The molecule has 8 nitrogen and oxygen atoms in total. The van der Waals surface area contributed by atoms with Crippen LogP contribution in [0.5, 0.6) is 17.2 Å². The molecule has 0 aliphatic carbocycles. The summed E-state index contributed by atoms with van der Waals surface area (Å²) in [5.41, 5.74) is 2.98. The lowest BCUT2D eigenvalue weighted by molar-refractivity contribution is -0.122. The molecule has 1 aliphatic heterocycles. The SMILES string of the molecule is COc1cc2c(cc1OC)CN(Cc1cc(=O)c(OC)cn1CC(=O)NC(C)C)CC2. The van der Waals surface area contributed by atoms with Gasteiger partial charge in [0, 0.05) is 37.4 Å². The number of carbonyl (C=O) groups is 1. The van der Waals surface area contributed by atoms with Crippen molar-refractivity contribution in [3.63, 3.8) is 0 Å². The van der Waals surface area contributed by atoms with Gasteiger partial charge in [-0.15, -0.1) is 0 Å². The molecule has 0 bridgehead atoms. The zero-order valence-electron chi connectivity index (χ0n) is 18.9. The monoisotopic (exact) mass is 429 g/mol. The average Bonchev–Trinajstić information content (AvgIpc) is 2.73. The van der Waals surface area contributed by atoms with Gasteiger partial charge in [0.15, 0.2) is 17.2 Å². The van der Waals surface area contributed by atoms with Gasteiger partial charge in [-0.25, -0.2) is 0 Å². The molecule has 0 atom stereocenters. The van der Waals surface area contributed by atoms with Crippen molar-refractivity contribution in [3.8, 4) is 17.2 Å². The minimum Gasteiger partial charge on any atom is -0.493 e. The van der Waals surface area contributed by atoms with Crippen molar-refractivity contribution >= 4 is 5.91 Å². The summed E-state index contributed by atoms with van der Waals surface area (Å²) in [5.74, 6) is 1.55. The van der Waals surface area contributed by atoms with Crippen LogP contribution >= 0.6 is 0 Å². The van der Waals surface area contributed by atoms with Gasteiger partial charge in [-0.05, 0) is 43.5 Å². The van der Waals surface area contributed by atoms with Crippen LogP contribution in [0.4, 0.5) is 0 Å². The number of nitrogens with zero attached hydrogens (tertiary/aromatic N) is 2. The number of amides is 1. The molecule has 3 rings (SSSR count). The second kappa shape index (κ2) is 9.87. The first-order valence-electron chi connectivity index (χ1n) is 10.4. The third-order valence-electron chi connectivity index (χ3n) is 5.35. The molecule has 0 radical (unpaired) electrons. The van der Waals surface area contributed by atoms with Crippen LogP contribution in [0.2, 0.25) is 0 Å². The number of aromatic nitrogens is 1. The summed E-state index contributed by atoms with van der Waals surface area (Å²) in [7, 11) is 4.72. The van der Waals surface area contributed by atoms with Gasteiger partial charge in [-0.1, -0.05) is 0 Å². The van der Waals surface area contributed by atoms with E-state index in [-0.39, 0.29) is 29.7 Å². The average molecular weight is 430 g/mol. The molecule has 0 fully saturated rings. The fourth-order valence-corrected chi connectivity index (χ4v) is 3.86. The number of hydrogen-bond acceptors (Lipinski definition) is 6. The van der Waals surface area contributed by atoms with Crippen molar-refractivity contribution in [1.29, 1.82) is 0 Å². The molecule has 0 unspecified atom stereocenters. The standard InChI is InChI=1S/C23H31N3O5/c1-15(2)24-23(28)14-26-13-22(31-5)19(27)10-18(26)12-25-7-6-16-8-20(29-3)21(30-4)9-17(16)11-25/h8-10,13,15H,6-7,11-12,14H2,1-5H3,(H,24,28). The highest BCUT2D eigenvalue weighted by atomic mass is 16.5. The summed E-state index contributed by atoms with van der Waals surface area (Å²) < 4.78 is 17.8. The Labute approximate surface area is 182 Å². The zero-order valence-corrected chi connectivity index (χ0v) is 18.9. The highest BCUT2D eigenvalue weighted by Crippen LogP contribution is 2.33. The quantitative estimate of drug-likeness (QED) is 0.691. The van der Waals surface area contributed by atoms with Gasteiger partial charge < -0.3 is 24.1 Å². The number of fused-ring (bicyclic) bond motifs is 1. The van der Waals surface area contributed by atoms with Gasteiger partial charge in [0.05, 0.1) is 27.5 Å². The van der Waals surface area contributed by atoms with Gasteiger partial charge in [0.2, 0.25) is 11.3 Å². The van der Waals surface area contributed by atoms with Crippen molar-refractivity contribution in [3.05, 3.63) is 51.4 Å². The van der Waals surface area contributed by atoms with Crippen LogP contribution in [0.15, 0.2) is 29.2 Å². The number of benzene rings is 1. The molecule has 1 N–H and O–H groups in total. The Morgan fingerprint density at radius 3 is 2.29 bits per heavy atom. The largest absolute Gasteiger partial charge is 0.493 e. The first-order valence-corrected chi connectivity index (χ1v) is 10.4. The molecule has 1 aliphatic rings. The predicted molar refractivity (Wildman–Crippen MR) is 118 cm³/mol. The van der Waals surface area contributed by atoms with Crippen LogP contribution < -0.4 is 25.0 Å². The Bertz CT molecular complexity index is 999. The molecule has 31 heavy (non-hydrogen) atoms. The summed E-state index contributed by atoms with van der Waals surface area (Å²) in [6.07, 6.45) is 2.48. The van der Waals surface area contributed by atoms with E-state index in [1.54, 1.807) is 31.0 Å². The molecular formula is C23H31N3O5. The van der Waals surface area contributed by atoms with Crippen LogP contribution in [0, 0.1) is 0 Å². The number of methoxy groups -OCH3 is 3. The van der Waals surface area contributed by atoms with E-state index in [4.69, 9.17) is 14.2 Å². The molecule has 1 amide bonds. The molecule has 168 valence electrons. The van der Waals surface area contributed by atoms with E-state index in [1.807, 2.05) is 26.0 Å². The van der Waals surface area contributed by atoms with E-state index in [0.29, 0.717) is 18.8 Å². The number of ether oxygens (including phenoxy) is 3. The van der Waals surface area contributed by atoms with Crippen LogP contribution in [0.1, 0.15) is 30.7 Å². The number of carbonyl (C=O) groups excluding carboxylic acids is 1. The Morgan fingerprint density at radius 1 is 1.03 bits per heavy atom. The van der Waals surface area contributed by atoms with Gasteiger partial charge in [-0.3, -0.25) is 14.5 Å². The fourth-order valence-electron chi connectivity index (χ4n) is 3.86. The van der Waals surface area contributed by atoms with Crippen molar-refractivity contribution < 1.29 is 19.0 Å². The van der Waals surface area contributed by atoms with Crippen LogP contribution in [-0.2, 0) is 30.8 Å². The van der Waals surface area contributed by atoms with Crippen LogP contribution in [-0.4, -0.2) is 49.3 Å². The molecule has 0 saturated heterocycles. The van der Waals surface area contributed by atoms with Gasteiger partial charge in [0.1, 0.15) is 6.54 Å². The first kappa shape index (κ1) is 22.7. The van der Waals surface area contributed by atoms with Crippen molar-refractivity contribution in [1.82, 2.24) is 14.8 Å². The lowest BCUT2D eigenvalue weighted by Gasteiger charge is -2.30. The molecular weight excluding hydrogens is 398 g/mol. The number of pyridine rings is 1. The maximum absolute atomic E-state index is 12.4. The molecule has 2 heterocycles. The third-order valence-corrected chi connectivity index (χ3v) is 5.35. The molecule has 2 aromatic rings. The second-order valence-electron chi connectivity index (χ2n) is 7.98. The summed E-state index contributed by atoms with van der Waals surface area (Å²) in [6, 6.07) is 5.65.